The summed E-state index contributed by atoms with van der Waals surface area (Å²) in [7, 11) is 0. The molecule has 0 spiro atoms. The Morgan fingerprint density at radius 1 is 0.769 bits per heavy atom. The molecule has 26 heavy (non-hydrogen) atoms. The summed E-state index contributed by atoms with van der Waals surface area (Å²) >= 11 is 10.4. The van der Waals surface area contributed by atoms with E-state index < -0.39 is 25.6 Å². The Bertz CT molecular complexity index is 406. The van der Waals surface area contributed by atoms with Gasteiger partial charge in [-0.05, 0) is 51.3 Å². The second-order valence-corrected chi connectivity index (χ2v) is 9.44. The van der Waals surface area contributed by atoms with E-state index >= 15 is 0 Å². The maximum atomic E-state index is 8.67. The van der Waals surface area contributed by atoms with E-state index in [2.05, 4.69) is 11.5 Å². The SMILES string of the molecule is CCOP(=S)(OCC)OP(=S)(OCC)OCC.NC(=O)[O-].NC(=O)[O-].[Zn+2]. The van der Waals surface area contributed by atoms with Gasteiger partial charge < -0.3 is 49.4 Å². The summed E-state index contributed by atoms with van der Waals surface area (Å²) < 4.78 is 26.9. The summed E-state index contributed by atoms with van der Waals surface area (Å²) in [5, 5.41) is 17.3. The topological polar surface area (TPSA) is 178 Å². The summed E-state index contributed by atoms with van der Waals surface area (Å²) in [5.41, 5.74) is 7.83. The first-order valence-corrected chi connectivity index (χ1v) is 11.9. The number of amides is 2. The Hall–Kier alpha value is 0.263. The minimum absolute atomic E-state index is 0. The molecule has 0 rings (SSSR count). The minimum Gasteiger partial charge on any atom is -0.530 e. The monoisotopic (exact) mass is 506 g/mol. The van der Waals surface area contributed by atoms with Gasteiger partial charge in [0.05, 0.1) is 26.4 Å². The van der Waals surface area contributed by atoms with Gasteiger partial charge in [0, 0.05) is 0 Å². The minimum atomic E-state index is -2.87. The molecule has 0 aromatic rings. The normalized spacial score (nSPS) is 10.3. The molecule has 0 saturated carbocycles. The van der Waals surface area contributed by atoms with Gasteiger partial charge in [-0.25, -0.2) is 4.31 Å². The number of carboxylic acid groups (broad SMARTS) is 2. The maximum Gasteiger partial charge on any atom is 2.00 e. The maximum absolute atomic E-state index is 8.67. The van der Waals surface area contributed by atoms with Crippen molar-refractivity contribution >= 4 is 49.2 Å². The molecule has 0 aromatic heterocycles. The molecule has 4 N–H and O–H groups in total. The third-order valence-corrected chi connectivity index (χ3v) is 7.71. The van der Waals surface area contributed by atoms with Gasteiger partial charge in [0.1, 0.15) is 12.2 Å². The van der Waals surface area contributed by atoms with Crippen LogP contribution in [0.25, 0.3) is 0 Å². The van der Waals surface area contributed by atoms with Gasteiger partial charge in [0.2, 0.25) is 0 Å². The predicted molar refractivity (Wildman–Crippen MR) is 95.3 cm³/mol. The molecule has 0 fully saturated rings. The number of carbonyl (C=O) groups is 2. The first kappa shape index (κ1) is 33.8. The van der Waals surface area contributed by atoms with E-state index in [1.807, 2.05) is 27.7 Å². The molecule has 16 heteroatoms. The molecular weight excluding hydrogens is 484 g/mol. The number of carbonyl (C=O) groups excluding carboxylic acids is 2. The standard InChI is InChI=1S/C8H20O5P2S2.2CH3NO2.Zn/c1-5-9-14(16,10-6-2)13-15(17,11-7-3)12-8-4;2*2-1(3)4;/h5-8H2,1-4H3;2*2H2,(H,3,4);/q;;;+2/p-2. The number of primary amides is 2. The van der Waals surface area contributed by atoms with E-state index in [1.165, 1.54) is 0 Å². The molecule has 0 bridgehead atoms. The molecule has 11 nitrogen and oxygen atoms in total. The smallest absolute Gasteiger partial charge is 0.530 e. The fourth-order valence-corrected chi connectivity index (χ4v) is 7.30. The van der Waals surface area contributed by atoms with Crippen LogP contribution in [0.5, 0.6) is 0 Å². The van der Waals surface area contributed by atoms with E-state index in [0.717, 1.165) is 0 Å². The summed E-state index contributed by atoms with van der Waals surface area (Å²) in [6.45, 7) is 3.09. The fraction of sp³-hybridized carbons (Fsp3) is 0.800. The molecule has 0 heterocycles. The van der Waals surface area contributed by atoms with Crippen LogP contribution in [0.3, 0.4) is 0 Å². The average molecular weight is 508 g/mol. The van der Waals surface area contributed by atoms with Crippen LogP contribution in [0.4, 0.5) is 9.59 Å². The Labute approximate surface area is 176 Å². The van der Waals surface area contributed by atoms with Crippen molar-refractivity contribution in [1.82, 2.24) is 0 Å². The second-order valence-electron chi connectivity index (χ2n) is 3.29. The summed E-state index contributed by atoms with van der Waals surface area (Å²) in [6.07, 6.45) is -3.17. The molecule has 0 aliphatic carbocycles. The van der Waals surface area contributed by atoms with E-state index in [9.17, 15) is 0 Å². The van der Waals surface area contributed by atoms with Gasteiger partial charge in [-0.15, -0.1) is 0 Å². The first-order valence-electron chi connectivity index (χ1n) is 6.84. The molecule has 0 atom stereocenters. The zero-order valence-electron chi connectivity index (χ0n) is 15.1. The third-order valence-electron chi connectivity index (χ3n) is 1.35. The van der Waals surface area contributed by atoms with Crippen molar-refractivity contribution in [3.63, 3.8) is 0 Å². The molecule has 0 aromatic carbocycles. The summed E-state index contributed by atoms with van der Waals surface area (Å²) in [6, 6.07) is 0. The van der Waals surface area contributed by atoms with E-state index in [-0.39, 0.29) is 19.5 Å². The second kappa shape index (κ2) is 20.0. The molecule has 2 amide bonds. The number of hydrogen-bond donors (Lipinski definition) is 2. The first-order chi connectivity index (χ1) is 11.4. The molecule has 152 valence electrons. The van der Waals surface area contributed by atoms with Crippen molar-refractivity contribution in [2.75, 3.05) is 26.4 Å². The number of rotatable bonds is 10. The van der Waals surface area contributed by atoms with Crippen LogP contribution in [-0.2, 0) is 65.5 Å². The molecule has 0 aliphatic heterocycles. The zero-order chi connectivity index (χ0) is 20.5. The Balaban J connectivity index is -0.000000226. The summed E-state index contributed by atoms with van der Waals surface area (Å²) in [5.74, 6) is 0. The fourth-order valence-electron chi connectivity index (χ4n) is 0.924. The third kappa shape index (κ3) is 26.5. The average Bonchev–Trinajstić information content (AvgIpc) is 2.37. The van der Waals surface area contributed by atoms with Crippen LogP contribution in [0.2, 0.25) is 0 Å². The van der Waals surface area contributed by atoms with Crippen LogP contribution in [0.15, 0.2) is 0 Å². The van der Waals surface area contributed by atoms with Crippen LogP contribution >= 0.6 is 13.4 Å². The van der Waals surface area contributed by atoms with Crippen LogP contribution in [-0.4, -0.2) is 38.6 Å². The van der Waals surface area contributed by atoms with Crippen molar-refractivity contribution in [1.29, 1.82) is 0 Å². The van der Waals surface area contributed by atoms with E-state index in [0.29, 0.717) is 26.4 Å². The van der Waals surface area contributed by atoms with Crippen molar-refractivity contribution < 1.29 is 61.7 Å². The molecule has 0 radical (unpaired) electrons. The number of nitrogens with two attached hydrogens (primary N) is 2. The van der Waals surface area contributed by atoms with Gasteiger partial charge in [-0.2, -0.15) is 0 Å². The van der Waals surface area contributed by atoms with Crippen LogP contribution in [0.1, 0.15) is 27.7 Å². The van der Waals surface area contributed by atoms with E-state index in [1.54, 1.807) is 0 Å². The largest absolute Gasteiger partial charge is 2.00 e. The van der Waals surface area contributed by atoms with Gasteiger partial charge in [0.15, 0.2) is 0 Å². The van der Waals surface area contributed by atoms with E-state index in [4.69, 9.17) is 65.8 Å². The molecule has 0 saturated heterocycles. The molecule has 0 unspecified atom stereocenters. The van der Waals surface area contributed by atoms with Gasteiger partial charge in [0.25, 0.3) is 0 Å². The summed E-state index contributed by atoms with van der Waals surface area (Å²) in [4.78, 5) is 17.3. The Morgan fingerprint density at radius 2 is 0.923 bits per heavy atom. The quantitative estimate of drug-likeness (QED) is 0.304. The zero-order valence-corrected chi connectivity index (χ0v) is 21.5. The van der Waals surface area contributed by atoms with Gasteiger partial charge >= 0.3 is 32.9 Å². The van der Waals surface area contributed by atoms with Gasteiger partial charge in [-0.1, -0.05) is 0 Å². The Kier molecular flexibility index (Phi) is 26.0. The Morgan fingerprint density at radius 3 is 1.04 bits per heavy atom. The molecule has 0 aliphatic rings. The van der Waals surface area contributed by atoms with Crippen molar-refractivity contribution in [3.05, 3.63) is 0 Å². The van der Waals surface area contributed by atoms with Crippen molar-refractivity contribution in [3.8, 4) is 0 Å². The van der Waals surface area contributed by atoms with Crippen molar-refractivity contribution in [2.24, 2.45) is 11.5 Å². The molecular formula is C10H24N2O9P2S2Zn. The van der Waals surface area contributed by atoms with Crippen molar-refractivity contribution in [2.45, 2.75) is 27.7 Å². The van der Waals surface area contributed by atoms with Crippen LogP contribution in [0, 0.1) is 0 Å². The van der Waals surface area contributed by atoms with Crippen LogP contribution < -0.4 is 21.7 Å². The van der Waals surface area contributed by atoms with Gasteiger partial charge in [-0.3, -0.25) is 0 Å². The predicted octanol–water partition coefficient (Wildman–Crippen LogP) is 0.172. The number of hydrogen-bond acceptors (Lipinski definition) is 11.